The number of nitrogens with one attached hydrogen (secondary N) is 1. The first kappa shape index (κ1) is 15.4. The minimum Gasteiger partial charge on any atom is -0.480 e. The molecule has 0 saturated carbocycles. The number of aliphatic carboxylic acids is 1. The van der Waals surface area contributed by atoms with Crippen LogP contribution >= 0.6 is 15.9 Å². The molecule has 0 aliphatic rings. The van der Waals surface area contributed by atoms with Crippen molar-refractivity contribution in [3.8, 4) is 0 Å². The SMILES string of the molecule is CC(CF)NC(=O)c1cc(Br)cn(CC(=O)O)c1=O. The second-order valence-electron chi connectivity index (χ2n) is 3.93. The maximum atomic E-state index is 12.3. The smallest absolute Gasteiger partial charge is 0.323 e. The second-order valence-corrected chi connectivity index (χ2v) is 4.84. The molecular weight excluding hydrogens is 323 g/mol. The van der Waals surface area contributed by atoms with Gasteiger partial charge < -0.3 is 15.0 Å². The fraction of sp³-hybridized carbons (Fsp3) is 0.364. The molecule has 0 aliphatic carbocycles. The third-order valence-electron chi connectivity index (χ3n) is 2.21. The number of carboxylic acid groups (broad SMARTS) is 1. The second kappa shape index (κ2) is 6.46. The van der Waals surface area contributed by atoms with E-state index in [4.69, 9.17) is 5.11 Å². The lowest BCUT2D eigenvalue weighted by molar-refractivity contribution is -0.137. The van der Waals surface area contributed by atoms with Crippen LogP contribution in [0, 0.1) is 0 Å². The van der Waals surface area contributed by atoms with E-state index in [-0.39, 0.29) is 5.56 Å². The van der Waals surface area contributed by atoms with Crippen LogP contribution < -0.4 is 10.9 Å². The fourth-order valence-electron chi connectivity index (χ4n) is 1.37. The predicted molar refractivity (Wildman–Crippen MR) is 68.9 cm³/mol. The molecule has 1 unspecified atom stereocenters. The standard InChI is InChI=1S/C11H12BrFN2O4/c1-6(3-13)14-10(18)8-2-7(12)4-15(11(8)19)5-9(16)17/h2,4,6H,3,5H2,1H3,(H,14,18)(H,16,17). The van der Waals surface area contributed by atoms with Crippen LogP contribution in [-0.2, 0) is 11.3 Å². The number of halogens is 2. The molecule has 2 N–H and O–H groups in total. The Morgan fingerprint density at radius 2 is 2.21 bits per heavy atom. The lowest BCUT2D eigenvalue weighted by atomic mass is 10.2. The summed E-state index contributed by atoms with van der Waals surface area (Å²) in [6, 6.07) is 0.542. The first-order valence-corrected chi connectivity index (χ1v) is 6.13. The van der Waals surface area contributed by atoms with Crippen LogP contribution in [0.2, 0.25) is 0 Å². The van der Waals surface area contributed by atoms with E-state index in [2.05, 4.69) is 21.2 Å². The van der Waals surface area contributed by atoms with E-state index in [9.17, 15) is 18.8 Å². The third-order valence-corrected chi connectivity index (χ3v) is 2.65. The Morgan fingerprint density at radius 1 is 1.58 bits per heavy atom. The normalized spacial score (nSPS) is 11.9. The van der Waals surface area contributed by atoms with Crippen LogP contribution in [0.4, 0.5) is 4.39 Å². The van der Waals surface area contributed by atoms with Crippen LogP contribution in [0.3, 0.4) is 0 Å². The van der Waals surface area contributed by atoms with Gasteiger partial charge in [-0.25, -0.2) is 4.39 Å². The molecule has 104 valence electrons. The lowest BCUT2D eigenvalue weighted by Gasteiger charge is -2.11. The predicted octanol–water partition coefficient (Wildman–Crippen LogP) is 0.783. The van der Waals surface area contributed by atoms with Gasteiger partial charge in [-0.3, -0.25) is 14.4 Å². The number of rotatable bonds is 5. The van der Waals surface area contributed by atoms with Crippen molar-refractivity contribution < 1.29 is 19.1 Å². The van der Waals surface area contributed by atoms with Crippen molar-refractivity contribution in [2.45, 2.75) is 19.5 Å². The van der Waals surface area contributed by atoms with Crippen LogP contribution in [0.15, 0.2) is 21.5 Å². The summed E-state index contributed by atoms with van der Waals surface area (Å²) < 4.78 is 13.6. The van der Waals surface area contributed by atoms with E-state index in [1.165, 1.54) is 19.2 Å². The van der Waals surface area contributed by atoms with Crippen LogP contribution in [0.25, 0.3) is 0 Å². The van der Waals surface area contributed by atoms with E-state index < -0.39 is 36.7 Å². The Kier molecular flexibility index (Phi) is 5.22. The Balaban J connectivity index is 3.14. The molecule has 0 fully saturated rings. The highest BCUT2D eigenvalue weighted by atomic mass is 79.9. The molecular formula is C11H12BrFN2O4. The largest absolute Gasteiger partial charge is 0.480 e. The maximum absolute atomic E-state index is 12.3. The van der Waals surface area contributed by atoms with Gasteiger partial charge in [0.05, 0.1) is 6.04 Å². The van der Waals surface area contributed by atoms with Crippen LogP contribution in [0.1, 0.15) is 17.3 Å². The van der Waals surface area contributed by atoms with E-state index in [0.29, 0.717) is 4.47 Å². The summed E-state index contributed by atoms with van der Waals surface area (Å²) in [6.45, 7) is 0.131. The summed E-state index contributed by atoms with van der Waals surface area (Å²) in [4.78, 5) is 34.3. The number of hydrogen-bond donors (Lipinski definition) is 2. The Labute approximate surface area is 116 Å². The molecule has 0 spiro atoms. The molecule has 6 nitrogen and oxygen atoms in total. The molecule has 8 heteroatoms. The Morgan fingerprint density at radius 3 is 2.74 bits per heavy atom. The first-order valence-electron chi connectivity index (χ1n) is 5.33. The van der Waals surface area contributed by atoms with Crippen molar-refractivity contribution >= 4 is 27.8 Å². The zero-order valence-electron chi connectivity index (χ0n) is 10.0. The number of carboxylic acids is 1. The number of aromatic nitrogens is 1. The zero-order chi connectivity index (χ0) is 14.6. The van der Waals surface area contributed by atoms with Gasteiger partial charge in [-0.2, -0.15) is 0 Å². The molecule has 1 aromatic rings. The number of nitrogens with zero attached hydrogens (tertiary/aromatic N) is 1. The number of carbonyl (C=O) groups is 2. The molecule has 1 atom stereocenters. The van der Waals surface area contributed by atoms with Gasteiger partial charge in [0.15, 0.2) is 0 Å². The third kappa shape index (κ3) is 4.16. The van der Waals surface area contributed by atoms with E-state index in [1.54, 1.807) is 0 Å². The van der Waals surface area contributed by atoms with Gasteiger partial charge in [0.2, 0.25) is 0 Å². The molecule has 19 heavy (non-hydrogen) atoms. The topological polar surface area (TPSA) is 88.4 Å². The summed E-state index contributed by atoms with van der Waals surface area (Å²) in [5, 5.41) is 11.0. The quantitative estimate of drug-likeness (QED) is 0.832. The maximum Gasteiger partial charge on any atom is 0.323 e. The molecule has 1 heterocycles. The highest BCUT2D eigenvalue weighted by Gasteiger charge is 2.16. The van der Waals surface area contributed by atoms with Crippen molar-refractivity contribution in [3.63, 3.8) is 0 Å². The van der Waals surface area contributed by atoms with E-state index in [0.717, 1.165) is 4.57 Å². The molecule has 0 aromatic carbocycles. The monoisotopic (exact) mass is 334 g/mol. The zero-order valence-corrected chi connectivity index (χ0v) is 11.6. The molecule has 1 rings (SSSR count). The Hall–Kier alpha value is -1.70. The number of amides is 1. The molecule has 1 amide bonds. The minimum absolute atomic E-state index is 0.240. The first-order chi connectivity index (χ1) is 8.85. The molecule has 0 bridgehead atoms. The summed E-state index contributed by atoms with van der Waals surface area (Å²) in [7, 11) is 0. The number of carbonyl (C=O) groups excluding carboxylic acids is 1. The number of alkyl halides is 1. The molecule has 0 saturated heterocycles. The van der Waals surface area contributed by atoms with Crippen LogP contribution in [-0.4, -0.2) is 34.3 Å². The summed E-state index contributed by atoms with van der Waals surface area (Å²) in [5.74, 6) is -1.95. The average molecular weight is 335 g/mol. The highest BCUT2D eigenvalue weighted by Crippen LogP contribution is 2.09. The van der Waals surface area contributed by atoms with Gasteiger partial charge in [-0.1, -0.05) is 0 Å². The van der Waals surface area contributed by atoms with Crippen molar-refractivity contribution in [3.05, 3.63) is 32.7 Å². The summed E-state index contributed by atoms with van der Waals surface area (Å²) in [6.07, 6.45) is 1.27. The van der Waals surface area contributed by atoms with Gasteiger partial charge in [0.25, 0.3) is 11.5 Å². The van der Waals surface area contributed by atoms with Crippen molar-refractivity contribution in [1.82, 2.24) is 9.88 Å². The summed E-state index contributed by atoms with van der Waals surface area (Å²) in [5.41, 5.74) is -0.981. The van der Waals surface area contributed by atoms with Gasteiger partial charge in [0.1, 0.15) is 18.8 Å². The molecule has 0 aliphatic heterocycles. The van der Waals surface area contributed by atoms with Crippen molar-refractivity contribution in [2.75, 3.05) is 6.67 Å². The minimum atomic E-state index is -1.20. The summed E-state index contributed by atoms with van der Waals surface area (Å²) >= 11 is 3.08. The Bertz CT molecular complexity index is 558. The molecule has 0 radical (unpaired) electrons. The van der Waals surface area contributed by atoms with Gasteiger partial charge in [0, 0.05) is 10.7 Å². The van der Waals surface area contributed by atoms with Crippen molar-refractivity contribution in [2.24, 2.45) is 0 Å². The van der Waals surface area contributed by atoms with Crippen LogP contribution in [0.5, 0.6) is 0 Å². The van der Waals surface area contributed by atoms with Gasteiger partial charge >= 0.3 is 5.97 Å². The molecule has 1 aromatic heterocycles. The van der Waals surface area contributed by atoms with E-state index in [1.807, 2.05) is 0 Å². The van der Waals surface area contributed by atoms with Gasteiger partial charge in [-0.15, -0.1) is 0 Å². The van der Waals surface area contributed by atoms with Gasteiger partial charge in [-0.05, 0) is 28.9 Å². The lowest BCUT2D eigenvalue weighted by Crippen LogP contribution is -2.39. The number of pyridine rings is 1. The van der Waals surface area contributed by atoms with Crippen molar-refractivity contribution in [1.29, 1.82) is 0 Å². The fourth-order valence-corrected chi connectivity index (χ4v) is 1.84. The van der Waals surface area contributed by atoms with E-state index >= 15 is 0 Å². The average Bonchev–Trinajstić information content (AvgIpc) is 2.32. The number of hydrogen-bond acceptors (Lipinski definition) is 3. The highest BCUT2D eigenvalue weighted by molar-refractivity contribution is 9.10.